The molecule has 2 N–H and O–H groups in total. The molecule has 2 aromatic rings. The van der Waals surface area contributed by atoms with E-state index in [1.807, 2.05) is 0 Å². The second-order valence-corrected chi connectivity index (χ2v) is 5.52. The van der Waals surface area contributed by atoms with Gasteiger partial charge in [0.2, 0.25) is 0 Å². The second-order valence-electron chi connectivity index (χ2n) is 5.52. The summed E-state index contributed by atoms with van der Waals surface area (Å²) in [6, 6.07) is 17.9. The third kappa shape index (κ3) is 1.20. The summed E-state index contributed by atoms with van der Waals surface area (Å²) >= 11 is 0. The van der Waals surface area contributed by atoms with E-state index in [0.29, 0.717) is 17.8 Å². The fourth-order valence-corrected chi connectivity index (χ4v) is 3.99. The van der Waals surface area contributed by atoms with Crippen LogP contribution in [0, 0.1) is 5.92 Å². The van der Waals surface area contributed by atoms with Gasteiger partial charge in [-0.2, -0.15) is 0 Å². The van der Waals surface area contributed by atoms with E-state index in [4.69, 9.17) is 5.73 Å². The van der Waals surface area contributed by atoms with Crippen molar-refractivity contribution in [2.24, 2.45) is 11.7 Å². The molecule has 0 unspecified atom stereocenters. The smallest absolute Gasteiger partial charge is 0.0136 e. The van der Waals surface area contributed by atoms with Gasteiger partial charge in [0, 0.05) is 11.8 Å². The van der Waals surface area contributed by atoms with Crippen LogP contribution < -0.4 is 5.73 Å². The van der Waals surface area contributed by atoms with Crippen molar-refractivity contribution in [3.8, 4) is 0 Å². The quantitative estimate of drug-likeness (QED) is 0.806. The van der Waals surface area contributed by atoms with E-state index in [9.17, 15) is 0 Å². The highest BCUT2D eigenvalue weighted by atomic mass is 14.6. The van der Waals surface area contributed by atoms with Crippen LogP contribution in [0.4, 0.5) is 0 Å². The zero-order valence-corrected chi connectivity index (χ0v) is 10.3. The lowest BCUT2D eigenvalue weighted by molar-refractivity contribution is 0.365. The number of hydrogen-bond acceptors (Lipinski definition) is 1. The molecule has 0 fully saturated rings. The van der Waals surface area contributed by atoms with Crippen molar-refractivity contribution < 1.29 is 0 Å². The fourth-order valence-electron chi connectivity index (χ4n) is 3.99. The lowest BCUT2D eigenvalue weighted by atomic mass is 9.59. The van der Waals surface area contributed by atoms with Crippen LogP contribution in [-0.2, 0) is 0 Å². The molecule has 0 amide bonds. The van der Waals surface area contributed by atoms with Crippen molar-refractivity contribution >= 4 is 0 Å². The van der Waals surface area contributed by atoms with Gasteiger partial charge in [-0.15, -0.1) is 0 Å². The fraction of sp³-hybridized carbons (Fsp3) is 0.294. The zero-order chi connectivity index (χ0) is 12.1. The predicted octanol–water partition coefficient (Wildman–Crippen LogP) is 3.24. The summed E-state index contributed by atoms with van der Waals surface area (Å²) in [5.74, 6) is 1.70. The van der Waals surface area contributed by atoms with E-state index >= 15 is 0 Å². The normalized spacial score (nSPS) is 27.7. The first kappa shape index (κ1) is 10.3. The molecule has 3 aliphatic rings. The molecule has 2 aromatic carbocycles. The monoisotopic (exact) mass is 235 g/mol. The van der Waals surface area contributed by atoms with E-state index < -0.39 is 0 Å². The van der Waals surface area contributed by atoms with Crippen LogP contribution >= 0.6 is 0 Å². The summed E-state index contributed by atoms with van der Waals surface area (Å²) < 4.78 is 0. The first-order valence-corrected chi connectivity index (χ1v) is 6.78. The SMILES string of the molecule is NC[C@H]1CC2c3ccccc3C1c1ccccc12. The van der Waals surface area contributed by atoms with Crippen molar-refractivity contribution in [1.82, 2.24) is 0 Å². The largest absolute Gasteiger partial charge is 0.330 e. The minimum Gasteiger partial charge on any atom is -0.330 e. The van der Waals surface area contributed by atoms with Crippen LogP contribution in [-0.4, -0.2) is 6.54 Å². The van der Waals surface area contributed by atoms with Gasteiger partial charge in [-0.1, -0.05) is 48.5 Å². The van der Waals surface area contributed by atoms with Gasteiger partial charge in [0.05, 0.1) is 0 Å². The van der Waals surface area contributed by atoms with Crippen molar-refractivity contribution in [3.63, 3.8) is 0 Å². The maximum atomic E-state index is 6.00. The van der Waals surface area contributed by atoms with Crippen molar-refractivity contribution in [3.05, 3.63) is 70.8 Å². The van der Waals surface area contributed by atoms with Crippen molar-refractivity contribution in [2.75, 3.05) is 6.54 Å². The summed E-state index contributed by atoms with van der Waals surface area (Å²) in [6.07, 6.45) is 1.22. The van der Waals surface area contributed by atoms with Gasteiger partial charge < -0.3 is 5.73 Å². The number of rotatable bonds is 1. The van der Waals surface area contributed by atoms with Crippen LogP contribution in [0.2, 0.25) is 0 Å². The van der Waals surface area contributed by atoms with Crippen LogP contribution in [0.5, 0.6) is 0 Å². The second kappa shape index (κ2) is 3.69. The standard InChI is InChI=1S/C17H17N/c18-10-11-9-16-12-5-1-3-7-14(12)17(11)15-8-4-2-6-13(15)16/h1-8,11,16-17H,9-10,18H2/t11-,16?,17?/m1/s1. The predicted molar refractivity (Wildman–Crippen MR) is 73.7 cm³/mol. The Morgan fingerprint density at radius 2 is 1.33 bits per heavy atom. The average Bonchev–Trinajstić information content (AvgIpc) is 2.47. The van der Waals surface area contributed by atoms with Gasteiger partial charge in [0.25, 0.3) is 0 Å². The topological polar surface area (TPSA) is 26.0 Å². The Hall–Kier alpha value is -1.60. The highest BCUT2D eigenvalue weighted by Crippen LogP contribution is 2.54. The molecule has 0 heterocycles. The molecular formula is C17H17N. The van der Waals surface area contributed by atoms with Gasteiger partial charge >= 0.3 is 0 Å². The van der Waals surface area contributed by atoms with Crippen LogP contribution in [0.25, 0.3) is 0 Å². The molecule has 5 rings (SSSR count). The van der Waals surface area contributed by atoms with Crippen LogP contribution in [0.1, 0.15) is 40.5 Å². The first-order chi connectivity index (χ1) is 8.90. The molecule has 0 aliphatic heterocycles. The van der Waals surface area contributed by atoms with Gasteiger partial charge in [-0.25, -0.2) is 0 Å². The lowest BCUT2D eigenvalue weighted by Crippen LogP contribution is -2.35. The maximum absolute atomic E-state index is 6.00. The molecule has 3 aliphatic carbocycles. The van der Waals surface area contributed by atoms with Gasteiger partial charge in [-0.3, -0.25) is 0 Å². The van der Waals surface area contributed by atoms with E-state index in [1.165, 1.54) is 28.7 Å². The zero-order valence-electron chi connectivity index (χ0n) is 10.3. The lowest BCUT2D eigenvalue weighted by Gasteiger charge is -2.45. The number of fused-ring (bicyclic) bond motifs is 1. The number of nitrogens with two attached hydrogens (primary N) is 1. The summed E-state index contributed by atoms with van der Waals surface area (Å²) in [5.41, 5.74) is 12.1. The third-order valence-electron chi connectivity index (χ3n) is 4.73. The Kier molecular flexibility index (Phi) is 2.12. The molecule has 18 heavy (non-hydrogen) atoms. The highest BCUT2D eigenvalue weighted by Gasteiger charge is 2.42. The van der Waals surface area contributed by atoms with Crippen molar-refractivity contribution in [1.29, 1.82) is 0 Å². The number of benzene rings is 2. The molecule has 1 heteroatoms. The molecule has 0 spiro atoms. The van der Waals surface area contributed by atoms with E-state index in [1.54, 1.807) is 0 Å². The van der Waals surface area contributed by atoms with Crippen LogP contribution in [0.3, 0.4) is 0 Å². The molecule has 0 saturated carbocycles. The molecule has 1 atom stereocenters. The Morgan fingerprint density at radius 3 is 1.83 bits per heavy atom. The summed E-state index contributed by atoms with van der Waals surface area (Å²) in [5, 5.41) is 0. The Balaban J connectivity index is 2.00. The summed E-state index contributed by atoms with van der Waals surface area (Å²) in [6.45, 7) is 0.795. The Morgan fingerprint density at radius 1 is 0.833 bits per heavy atom. The molecule has 0 radical (unpaired) electrons. The summed E-state index contributed by atoms with van der Waals surface area (Å²) in [4.78, 5) is 0. The van der Waals surface area contributed by atoms with Gasteiger partial charge in [0.15, 0.2) is 0 Å². The Bertz CT molecular complexity index is 555. The molecule has 90 valence electrons. The van der Waals surface area contributed by atoms with Gasteiger partial charge in [0.1, 0.15) is 0 Å². The Labute approximate surface area is 108 Å². The molecule has 0 aromatic heterocycles. The van der Waals surface area contributed by atoms with Crippen molar-refractivity contribution in [2.45, 2.75) is 18.3 Å². The minimum atomic E-state index is 0.521. The number of hydrogen-bond donors (Lipinski definition) is 1. The average molecular weight is 235 g/mol. The molecular weight excluding hydrogens is 218 g/mol. The third-order valence-corrected chi connectivity index (χ3v) is 4.73. The molecule has 1 nitrogen and oxygen atoms in total. The minimum absolute atomic E-state index is 0.521. The first-order valence-electron chi connectivity index (χ1n) is 6.78. The maximum Gasteiger partial charge on any atom is 0.0136 e. The van der Waals surface area contributed by atoms with E-state index in [0.717, 1.165) is 6.54 Å². The highest BCUT2D eigenvalue weighted by molar-refractivity contribution is 5.55. The molecule has 0 saturated heterocycles. The molecule has 2 bridgehead atoms. The van der Waals surface area contributed by atoms with Gasteiger partial charge in [-0.05, 0) is 41.1 Å². The van der Waals surface area contributed by atoms with Crippen LogP contribution in [0.15, 0.2) is 48.5 Å². The van der Waals surface area contributed by atoms with E-state index in [-0.39, 0.29) is 0 Å². The van der Waals surface area contributed by atoms with E-state index in [2.05, 4.69) is 48.5 Å². The summed E-state index contributed by atoms with van der Waals surface area (Å²) in [7, 11) is 0.